The standard InChI is InChI=1S/C18H23BrFNO4/c1-2-3-6-23-10-14-7-12-9-24-17(22)21-18(12,11-25-14)15-8-13(19)4-5-16(15)20/h4-5,8,12,14H,2-3,6-7,9-11H2,1H3,(H,21,22)/t12-,14+,18-/m0/s1. The van der Waals surface area contributed by atoms with Crippen molar-refractivity contribution in [3.05, 3.63) is 34.1 Å². The number of nitrogens with one attached hydrogen (secondary N) is 1. The molecule has 2 fully saturated rings. The van der Waals surface area contributed by atoms with E-state index in [1.165, 1.54) is 6.07 Å². The molecule has 0 saturated carbocycles. The largest absolute Gasteiger partial charge is 0.449 e. The Morgan fingerprint density at radius 2 is 2.32 bits per heavy atom. The topological polar surface area (TPSA) is 56.8 Å². The monoisotopic (exact) mass is 415 g/mol. The SMILES string of the molecule is CCCCOC[C@H]1C[C@H]2COC(=O)N[C@@]2(c2cc(Br)ccc2F)CO1. The highest BCUT2D eigenvalue weighted by Gasteiger charge is 2.51. The first-order valence-corrected chi connectivity index (χ1v) is 9.44. The van der Waals surface area contributed by atoms with Crippen LogP contribution in [-0.4, -0.2) is 38.6 Å². The summed E-state index contributed by atoms with van der Waals surface area (Å²) < 4.78 is 32.1. The number of carbonyl (C=O) groups excluding carboxylic acids is 1. The number of benzene rings is 1. The molecule has 0 spiro atoms. The van der Waals surface area contributed by atoms with Crippen LogP contribution in [-0.2, 0) is 19.7 Å². The van der Waals surface area contributed by atoms with Crippen molar-refractivity contribution in [3.63, 3.8) is 0 Å². The first-order valence-electron chi connectivity index (χ1n) is 8.65. The van der Waals surface area contributed by atoms with Gasteiger partial charge in [-0.2, -0.15) is 0 Å². The van der Waals surface area contributed by atoms with Gasteiger partial charge in [-0.3, -0.25) is 0 Å². The Bertz CT molecular complexity index is 629. The van der Waals surface area contributed by atoms with Crippen LogP contribution < -0.4 is 5.32 Å². The molecule has 5 nitrogen and oxygen atoms in total. The van der Waals surface area contributed by atoms with Crippen molar-refractivity contribution >= 4 is 22.0 Å². The van der Waals surface area contributed by atoms with E-state index in [-0.39, 0.29) is 31.1 Å². The molecule has 25 heavy (non-hydrogen) atoms. The predicted molar refractivity (Wildman–Crippen MR) is 93.8 cm³/mol. The van der Waals surface area contributed by atoms with Crippen molar-refractivity contribution in [1.29, 1.82) is 0 Å². The van der Waals surface area contributed by atoms with Crippen LogP contribution in [0.5, 0.6) is 0 Å². The highest BCUT2D eigenvalue weighted by Crippen LogP contribution is 2.42. The number of amides is 1. The lowest BCUT2D eigenvalue weighted by Gasteiger charge is -2.49. The Hall–Kier alpha value is -1.18. The third kappa shape index (κ3) is 3.99. The normalized spacial score (nSPS) is 28.8. The summed E-state index contributed by atoms with van der Waals surface area (Å²) >= 11 is 3.38. The molecule has 0 radical (unpaired) electrons. The Balaban J connectivity index is 1.79. The predicted octanol–water partition coefficient (Wildman–Crippen LogP) is 3.75. The molecule has 2 aliphatic heterocycles. The lowest BCUT2D eigenvalue weighted by molar-refractivity contribution is -0.125. The van der Waals surface area contributed by atoms with E-state index in [0.717, 1.165) is 17.3 Å². The van der Waals surface area contributed by atoms with E-state index in [0.29, 0.717) is 25.2 Å². The molecule has 3 atom stereocenters. The molecule has 0 aromatic heterocycles. The summed E-state index contributed by atoms with van der Waals surface area (Å²) in [5.41, 5.74) is -0.489. The number of halogens is 2. The van der Waals surface area contributed by atoms with Crippen LogP contribution in [0.4, 0.5) is 9.18 Å². The zero-order valence-corrected chi connectivity index (χ0v) is 15.8. The van der Waals surface area contributed by atoms with Gasteiger partial charge in [0.05, 0.1) is 25.9 Å². The van der Waals surface area contributed by atoms with Crippen LogP contribution in [0.2, 0.25) is 0 Å². The number of rotatable bonds is 6. The number of hydrogen-bond donors (Lipinski definition) is 1. The van der Waals surface area contributed by atoms with Crippen molar-refractivity contribution < 1.29 is 23.4 Å². The molecular formula is C18H23BrFNO4. The summed E-state index contributed by atoms with van der Waals surface area (Å²) in [6, 6.07) is 4.74. The lowest BCUT2D eigenvalue weighted by Crippen LogP contribution is -2.63. The summed E-state index contributed by atoms with van der Waals surface area (Å²) in [5.74, 6) is -0.445. The minimum absolute atomic E-state index is 0.0798. The van der Waals surface area contributed by atoms with Crippen LogP contribution in [0.15, 0.2) is 22.7 Å². The summed E-state index contributed by atoms with van der Waals surface area (Å²) in [4.78, 5) is 11.9. The quantitative estimate of drug-likeness (QED) is 0.718. The Kier molecular flexibility index (Phi) is 5.96. The maximum Gasteiger partial charge on any atom is 0.407 e. The molecule has 1 aromatic rings. The average molecular weight is 416 g/mol. The van der Waals surface area contributed by atoms with E-state index < -0.39 is 11.6 Å². The molecule has 3 rings (SSSR count). The number of fused-ring (bicyclic) bond motifs is 1. The summed E-state index contributed by atoms with van der Waals surface area (Å²) in [7, 11) is 0. The molecule has 1 N–H and O–H groups in total. The van der Waals surface area contributed by atoms with Gasteiger partial charge in [0.2, 0.25) is 0 Å². The van der Waals surface area contributed by atoms with E-state index in [1.54, 1.807) is 12.1 Å². The molecule has 0 aliphatic carbocycles. The molecule has 138 valence electrons. The van der Waals surface area contributed by atoms with Crippen molar-refractivity contribution in [3.8, 4) is 0 Å². The van der Waals surface area contributed by atoms with Gasteiger partial charge in [-0.25, -0.2) is 9.18 Å². The fourth-order valence-corrected chi connectivity index (χ4v) is 3.84. The fourth-order valence-electron chi connectivity index (χ4n) is 3.48. The van der Waals surface area contributed by atoms with E-state index in [2.05, 4.69) is 28.2 Å². The molecule has 2 aliphatic rings. The molecule has 2 saturated heterocycles. The molecule has 1 amide bonds. The molecular weight excluding hydrogens is 393 g/mol. The van der Waals surface area contributed by atoms with Crippen LogP contribution in [0.25, 0.3) is 0 Å². The number of ether oxygens (including phenoxy) is 3. The van der Waals surface area contributed by atoms with Gasteiger partial charge in [0.15, 0.2) is 0 Å². The fraction of sp³-hybridized carbons (Fsp3) is 0.611. The zero-order valence-electron chi connectivity index (χ0n) is 14.2. The minimum atomic E-state index is -0.914. The number of alkyl carbamates (subject to hydrolysis) is 1. The van der Waals surface area contributed by atoms with E-state index in [4.69, 9.17) is 14.2 Å². The molecule has 7 heteroatoms. The number of unbranched alkanes of at least 4 members (excludes halogenated alkanes) is 1. The van der Waals surface area contributed by atoms with Crippen LogP contribution in [0.3, 0.4) is 0 Å². The Labute approximate surface area is 155 Å². The van der Waals surface area contributed by atoms with Gasteiger partial charge in [-0.1, -0.05) is 29.3 Å². The molecule has 0 unspecified atom stereocenters. The second-order valence-electron chi connectivity index (χ2n) is 6.61. The third-order valence-corrected chi connectivity index (χ3v) is 5.38. The maximum atomic E-state index is 14.5. The third-order valence-electron chi connectivity index (χ3n) is 4.89. The maximum absolute atomic E-state index is 14.5. The molecule has 1 aromatic carbocycles. The number of cyclic esters (lactones) is 1. The lowest BCUT2D eigenvalue weighted by atomic mass is 9.73. The first kappa shape index (κ1) is 18.6. The van der Waals surface area contributed by atoms with Gasteiger partial charge in [-0.05, 0) is 31.0 Å². The summed E-state index contributed by atoms with van der Waals surface area (Å²) in [6.07, 6.45) is 2.11. The van der Waals surface area contributed by atoms with Gasteiger partial charge >= 0.3 is 6.09 Å². The number of hydrogen-bond acceptors (Lipinski definition) is 4. The van der Waals surface area contributed by atoms with E-state index >= 15 is 0 Å². The van der Waals surface area contributed by atoms with Crippen LogP contribution in [0.1, 0.15) is 31.7 Å². The van der Waals surface area contributed by atoms with Crippen LogP contribution >= 0.6 is 15.9 Å². The summed E-state index contributed by atoms with van der Waals surface area (Å²) in [6.45, 7) is 3.76. The van der Waals surface area contributed by atoms with Crippen molar-refractivity contribution in [1.82, 2.24) is 5.32 Å². The second-order valence-corrected chi connectivity index (χ2v) is 7.53. The molecule has 2 heterocycles. The van der Waals surface area contributed by atoms with E-state index in [1.807, 2.05) is 0 Å². The second kappa shape index (κ2) is 8.01. The van der Waals surface area contributed by atoms with Gasteiger partial charge in [-0.15, -0.1) is 0 Å². The Morgan fingerprint density at radius 1 is 1.48 bits per heavy atom. The minimum Gasteiger partial charge on any atom is -0.449 e. The smallest absolute Gasteiger partial charge is 0.407 e. The van der Waals surface area contributed by atoms with Crippen molar-refractivity contribution in [2.24, 2.45) is 5.92 Å². The van der Waals surface area contributed by atoms with Crippen molar-refractivity contribution in [2.45, 2.75) is 37.8 Å². The Morgan fingerprint density at radius 3 is 3.12 bits per heavy atom. The van der Waals surface area contributed by atoms with Gasteiger partial charge in [0.1, 0.15) is 11.4 Å². The zero-order chi connectivity index (χ0) is 17.9. The summed E-state index contributed by atoms with van der Waals surface area (Å²) in [5, 5.41) is 2.83. The average Bonchev–Trinajstić information content (AvgIpc) is 2.60. The number of carbonyl (C=O) groups is 1. The van der Waals surface area contributed by atoms with Gasteiger partial charge < -0.3 is 19.5 Å². The van der Waals surface area contributed by atoms with Crippen molar-refractivity contribution in [2.75, 3.05) is 26.4 Å². The van der Waals surface area contributed by atoms with Crippen LogP contribution in [0, 0.1) is 11.7 Å². The van der Waals surface area contributed by atoms with Gasteiger partial charge in [0, 0.05) is 22.6 Å². The van der Waals surface area contributed by atoms with Gasteiger partial charge in [0.25, 0.3) is 0 Å². The highest BCUT2D eigenvalue weighted by molar-refractivity contribution is 9.10. The first-order chi connectivity index (χ1) is 12.0. The van der Waals surface area contributed by atoms with E-state index in [9.17, 15) is 9.18 Å². The highest BCUT2D eigenvalue weighted by atomic mass is 79.9. The molecule has 0 bridgehead atoms.